The molecule has 4 bridgehead atoms. The lowest BCUT2D eigenvalue weighted by atomic mass is 9.53. The third kappa shape index (κ3) is 4.71. The Morgan fingerprint density at radius 3 is 2.13 bits per heavy atom. The molecule has 0 unspecified atom stereocenters. The Hall–Kier alpha value is -1.23. The zero-order chi connectivity index (χ0) is 26.0. The summed E-state index contributed by atoms with van der Waals surface area (Å²) in [6.07, 6.45) is 11.6. The topological polar surface area (TPSA) is 77.5 Å². The van der Waals surface area contributed by atoms with Gasteiger partial charge in [0.25, 0.3) is 0 Å². The molecule has 2 saturated heterocycles. The smallest absolute Gasteiger partial charge is 0.211 e. The maximum atomic E-state index is 11.7. The van der Waals surface area contributed by atoms with E-state index in [4.69, 9.17) is 19.2 Å². The number of benzene rings is 1. The van der Waals surface area contributed by atoms with Crippen LogP contribution in [0.15, 0.2) is 24.3 Å². The van der Waals surface area contributed by atoms with Crippen molar-refractivity contribution < 1.29 is 27.7 Å². The van der Waals surface area contributed by atoms with E-state index in [2.05, 4.69) is 29.2 Å². The first-order chi connectivity index (χ1) is 18.3. The van der Waals surface area contributed by atoms with Crippen LogP contribution in [0.1, 0.15) is 69.3 Å². The van der Waals surface area contributed by atoms with Crippen molar-refractivity contribution in [1.29, 1.82) is 0 Å². The lowest BCUT2D eigenvalue weighted by molar-refractivity contribution is -0.390. The zero-order valence-corrected chi connectivity index (χ0v) is 23.4. The summed E-state index contributed by atoms with van der Waals surface area (Å²) in [5, 5.41) is 0. The monoisotopic (exact) mass is 546 g/mol. The van der Waals surface area contributed by atoms with Crippen LogP contribution < -0.4 is 4.74 Å². The molecule has 1 aromatic carbocycles. The summed E-state index contributed by atoms with van der Waals surface area (Å²) in [4.78, 5) is 14.6. The van der Waals surface area contributed by atoms with E-state index in [9.17, 15) is 8.42 Å². The highest BCUT2D eigenvalue weighted by Gasteiger charge is 2.66. The number of ether oxygens (including phenoxy) is 2. The summed E-state index contributed by atoms with van der Waals surface area (Å²) in [6, 6.07) is 8.57. The fourth-order valence-corrected chi connectivity index (χ4v) is 9.43. The minimum Gasteiger partial charge on any atom is -0.492 e. The molecule has 0 radical (unpaired) electrons. The summed E-state index contributed by atoms with van der Waals surface area (Å²) >= 11 is 0. The number of rotatable bonds is 6. The van der Waals surface area contributed by atoms with Gasteiger partial charge in [0, 0.05) is 57.4 Å². The van der Waals surface area contributed by atoms with Gasteiger partial charge in [0.15, 0.2) is 0 Å². The van der Waals surface area contributed by atoms with Gasteiger partial charge in [-0.15, -0.1) is 0 Å². The molecular weight excluding hydrogens is 504 g/mol. The molecule has 0 atom stereocenters. The lowest BCUT2D eigenvalue weighted by Gasteiger charge is -2.57. The van der Waals surface area contributed by atoms with Crippen molar-refractivity contribution in [2.24, 2.45) is 23.7 Å². The Balaban J connectivity index is 0.882. The summed E-state index contributed by atoms with van der Waals surface area (Å²) in [5.74, 6) is 3.15. The van der Waals surface area contributed by atoms with Gasteiger partial charge in [-0.1, -0.05) is 12.1 Å². The predicted molar refractivity (Wildman–Crippen MR) is 142 cm³/mol. The number of sulfonamides is 1. The van der Waals surface area contributed by atoms with Gasteiger partial charge in [-0.3, -0.25) is 4.90 Å². The van der Waals surface area contributed by atoms with E-state index < -0.39 is 21.6 Å². The second kappa shape index (κ2) is 9.70. The third-order valence-corrected chi connectivity index (χ3v) is 11.8. The normalized spacial score (nSPS) is 41.3. The molecule has 7 fully saturated rings. The van der Waals surface area contributed by atoms with E-state index in [1.807, 2.05) is 0 Å². The van der Waals surface area contributed by atoms with E-state index in [0.29, 0.717) is 37.5 Å². The van der Waals surface area contributed by atoms with Crippen molar-refractivity contribution in [2.75, 3.05) is 45.6 Å². The maximum Gasteiger partial charge on any atom is 0.211 e. The van der Waals surface area contributed by atoms with Gasteiger partial charge in [0.05, 0.1) is 6.26 Å². The third-order valence-electron chi connectivity index (χ3n) is 10.5. The molecule has 2 heterocycles. The molecule has 9 heteroatoms. The van der Waals surface area contributed by atoms with E-state index in [-0.39, 0.29) is 0 Å². The molecule has 210 valence electrons. The fraction of sp³-hybridized carbons (Fsp3) is 0.793. The number of nitrogens with zero attached hydrogens (tertiary/aromatic N) is 2. The maximum absolute atomic E-state index is 11.7. The van der Waals surface area contributed by atoms with Gasteiger partial charge in [0.2, 0.25) is 21.6 Å². The van der Waals surface area contributed by atoms with Crippen molar-refractivity contribution in [3.8, 4) is 5.75 Å². The molecule has 8 rings (SSSR count). The van der Waals surface area contributed by atoms with E-state index in [1.54, 1.807) is 4.31 Å². The van der Waals surface area contributed by atoms with E-state index in [1.165, 1.54) is 43.9 Å². The van der Waals surface area contributed by atoms with Crippen LogP contribution in [0.2, 0.25) is 0 Å². The second-order valence-corrected chi connectivity index (χ2v) is 14.9. The van der Waals surface area contributed by atoms with Gasteiger partial charge in [-0.25, -0.2) is 8.42 Å². The first-order valence-corrected chi connectivity index (χ1v) is 16.6. The standard InChI is InChI=1S/C29H42N2O6S/c1-38(32,33)31-12-10-30(11-13-31)14-15-34-27-4-2-23(3-5-27)24-6-8-28(9-7-24)35-29(37-36-28)25-17-21-16-22(19-25)20-26(29)18-21/h2-5,21-22,24-26H,6-20H2,1H3/t21?,22?,24-,25?,26?,28+,29-. The molecule has 0 N–H and O–H groups in total. The molecule has 2 aliphatic heterocycles. The Morgan fingerprint density at radius 2 is 1.53 bits per heavy atom. The Bertz CT molecular complexity index is 1080. The van der Waals surface area contributed by atoms with Gasteiger partial charge in [-0.05, 0) is 80.4 Å². The molecule has 0 aromatic heterocycles. The van der Waals surface area contributed by atoms with Crippen LogP contribution in [0.4, 0.5) is 0 Å². The lowest BCUT2D eigenvalue weighted by Crippen LogP contribution is -2.59. The molecule has 5 aliphatic carbocycles. The first-order valence-electron chi connectivity index (χ1n) is 14.8. The summed E-state index contributed by atoms with van der Waals surface area (Å²) in [7, 11) is -3.09. The van der Waals surface area contributed by atoms with Gasteiger partial charge in [0.1, 0.15) is 12.4 Å². The van der Waals surface area contributed by atoms with E-state index in [0.717, 1.165) is 62.9 Å². The van der Waals surface area contributed by atoms with Gasteiger partial charge in [-0.2, -0.15) is 14.1 Å². The largest absolute Gasteiger partial charge is 0.492 e. The molecule has 1 aromatic rings. The molecule has 5 saturated carbocycles. The van der Waals surface area contributed by atoms with Gasteiger partial charge < -0.3 is 9.47 Å². The van der Waals surface area contributed by atoms with Crippen molar-refractivity contribution in [1.82, 2.24) is 9.21 Å². The quantitative estimate of drug-likeness (QED) is 0.497. The second-order valence-electron chi connectivity index (χ2n) is 12.9. The van der Waals surface area contributed by atoms with Crippen LogP contribution in [0, 0.1) is 23.7 Å². The van der Waals surface area contributed by atoms with E-state index >= 15 is 0 Å². The highest BCUT2D eigenvalue weighted by molar-refractivity contribution is 7.88. The Kier molecular flexibility index (Phi) is 6.57. The SMILES string of the molecule is CS(=O)(=O)N1CCN(CCOc2ccc([C@H]3CC[C@]4(CC3)OO[C@]3(O4)C4CC5CC(C4)CC3C5)cc2)CC1. The van der Waals surface area contributed by atoms with Crippen LogP contribution in [0.5, 0.6) is 5.75 Å². The summed E-state index contributed by atoms with van der Waals surface area (Å²) in [5.41, 5.74) is 1.35. The molecule has 0 amide bonds. The van der Waals surface area contributed by atoms with Crippen molar-refractivity contribution in [2.45, 2.75) is 75.3 Å². The minimum absolute atomic E-state index is 0.472. The number of hydrogen-bond donors (Lipinski definition) is 0. The predicted octanol–water partition coefficient (Wildman–Crippen LogP) is 4.13. The molecular formula is C29H42N2O6S. The number of piperazine rings is 1. The van der Waals surface area contributed by atoms with Crippen LogP contribution in [-0.4, -0.2) is 74.8 Å². The first kappa shape index (κ1) is 25.7. The van der Waals surface area contributed by atoms with Crippen LogP contribution in [-0.2, 0) is 24.5 Å². The minimum atomic E-state index is -3.09. The zero-order valence-electron chi connectivity index (χ0n) is 22.6. The van der Waals surface area contributed by atoms with Crippen molar-refractivity contribution >= 4 is 10.0 Å². The fourth-order valence-electron chi connectivity index (χ4n) is 8.60. The Labute approximate surface area is 226 Å². The van der Waals surface area contributed by atoms with Crippen LogP contribution in [0.25, 0.3) is 0 Å². The molecule has 8 nitrogen and oxygen atoms in total. The van der Waals surface area contributed by atoms with Crippen LogP contribution in [0.3, 0.4) is 0 Å². The highest BCUT2D eigenvalue weighted by atomic mass is 32.2. The average Bonchev–Trinajstić information content (AvgIpc) is 3.27. The van der Waals surface area contributed by atoms with Crippen LogP contribution >= 0.6 is 0 Å². The van der Waals surface area contributed by atoms with Gasteiger partial charge >= 0.3 is 0 Å². The van der Waals surface area contributed by atoms with Crippen molar-refractivity contribution in [3.05, 3.63) is 29.8 Å². The Morgan fingerprint density at radius 1 is 0.895 bits per heavy atom. The summed E-state index contributed by atoms with van der Waals surface area (Å²) in [6.45, 7) is 4.02. The molecule has 2 spiro atoms. The average molecular weight is 547 g/mol. The highest BCUT2D eigenvalue weighted by Crippen LogP contribution is 2.64. The van der Waals surface area contributed by atoms with Crippen molar-refractivity contribution in [3.63, 3.8) is 0 Å². The molecule has 7 aliphatic rings. The summed E-state index contributed by atoms with van der Waals surface area (Å²) < 4.78 is 37.8. The molecule has 38 heavy (non-hydrogen) atoms. The number of hydrogen-bond acceptors (Lipinski definition) is 7.